The largest absolute Gasteiger partial charge is 0.330 e. The van der Waals surface area contributed by atoms with E-state index in [-0.39, 0.29) is 41.2 Å². The molecule has 2 aromatic rings. The molecule has 0 spiro atoms. The summed E-state index contributed by atoms with van der Waals surface area (Å²) in [5.74, 6) is 7.55. The Labute approximate surface area is 283 Å². The van der Waals surface area contributed by atoms with Gasteiger partial charge in [0.05, 0.1) is 24.5 Å². The summed E-state index contributed by atoms with van der Waals surface area (Å²) >= 11 is 0. The van der Waals surface area contributed by atoms with Gasteiger partial charge in [-0.1, -0.05) is 104 Å². The van der Waals surface area contributed by atoms with Crippen LogP contribution in [0.2, 0.25) is 0 Å². The maximum atomic E-state index is 13.3. The summed E-state index contributed by atoms with van der Waals surface area (Å²) in [5, 5.41) is 0.216. The third-order valence-corrected chi connectivity index (χ3v) is 12.6. The Bertz CT molecular complexity index is 1420. The van der Waals surface area contributed by atoms with Crippen molar-refractivity contribution in [1.29, 1.82) is 0 Å². The molecule has 0 saturated heterocycles. The van der Waals surface area contributed by atoms with E-state index in [0.717, 1.165) is 66.7 Å². The van der Waals surface area contributed by atoms with Gasteiger partial charge in [-0.25, -0.2) is 0 Å². The molecular formula is C36H48NO6PS2. The van der Waals surface area contributed by atoms with Crippen LogP contribution in [0.3, 0.4) is 0 Å². The summed E-state index contributed by atoms with van der Waals surface area (Å²) in [6.45, 7) is 6.15. The summed E-state index contributed by atoms with van der Waals surface area (Å²) in [4.78, 5) is 49.7. The smallest absolute Gasteiger partial charge is 0.324 e. The zero-order valence-corrected chi connectivity index (χ0v) is 29.9. The van der Waals surface area contributed by atoms with E-state index in [0.29, 0.717) is 32.4 Å². The first-order valence-electron chi connectivity index (χ1n) is 16.3. The van der Waals surface area contributed by atoms with Crippen LogP contribution in [-0.4, -0.2) is 45.6 Å². The molecule has 1 amide bonds. The number of carbonyl (C=O) groups excluding carboxylic acids is 3. The molecule has 2 atom stereocenters. The molecule has 10 heteroatoms. The molecule has 7 nitrogen and oxygen atoms in total. The predicted molar refractivity (Wildman–Crippen MR) is 191 cm³/mol. The number of carbonyl (C=O) groups is 3. The standard InChI is InChI=1S/C36H48NO6PS2/c1-28(2)44(41,42)43-24-12-6-4-5-7-17-34(39)26-29(3)46-45-25-13-18-33(38)22-23-36(40)37-27-32-16-9-8-14-30(32)20-21-31-15-10-11-19-35(31)37/h8-11,14-16,19,28-29H,4-7,12-13,17-18,22-27H2,1-3H3,(H,41,42). The van der Waals surface area contributed by atoms with E-state index in [2.05, 4.69) is 18.8 Å². The minimum atomic E-state index is -3.48. The number of amides is 1. The molecule has 1 N–H and O–H groups in total. The van der Waals surface area contributed by atoms with E-state index in [1.165, 1.54) is 0 Å². The average Bonchev–Trinajstić information content (AvgIpc) is 3.02. The van der Waals surface area contributed by atoms with Crippen LogP contribution in [0, 0.1) is 11.8 Å². The number of rotatable bonds is 21. The van der Waals surface area contributed by atoms with Crippen molar-refractivity contribution in [2.45, 2.75) is 109 Å². The number of nitrogens with zero attached hydrogens (tertiary/aromatic N) is 1. The summed E-state index contributed by atoms with van der Waals surface area (Å²) < 4.78 is 16.9. The number of unbranched alkanes of at least 4 members (excludes halogenated alkanes) is 4. The number of hydrogen-bond donors (Lipinski definition) is 1. The quantitative estimate of drug-likeness (QED) is 0.0603. The highest BCUT2D eigenvalue weighted by Crippen LogP contribution is 2.47. The highest BCUT2D eigenvalue weighted by molar-refractivity contribution is 8.76. The van der Waals surface area contributed by atoms with Crippen molar-refractivity contribution < 1.29 is 28.4 Å². The predicted octanol–water partition coefficient (Wildman–Crippen LogP) is 8.74. The number of benzene rings is 2. The summed E-state index contributed by atoms with van der Waals surface area (Å²) in [6.07, 6.45) is 7.21. The second-order valence-corrected chi connectivity index (χ2v) is 17.4. The molecule has 1 heterocycles. The molecule has 2 aromatic carbocycles. The number of fused-ring (bicyclic) bond motifs is 2. The normalized spacial score (nSPS) is 14.2. The Hall–Kier alpha value is -2.34. The summed E-state index contributed by atoms with van der Waals surface area (Å²) in [5.41, 5.74) is 3.11. The highest BCUT2D eigenvalue weighted by Gasteiger charge is 2.24. The van der Waals surface area contributed by atoms with Crippen molar-refractivity contribution >= 4 is 52.3 Å². The van der Waals surface area contributed by atoms with Crippen LogP contribution >= 0.6 is 29.2 Å². The van der Waals surface area contributed by atoms with Crippen LogP contribution in [-0.2, 0) is 30.0 Å². The van der Waals surface area contributed by atoms with Crippen LogP contribution < -0.4 is 4.90 Å². The molecule has 0 saturated carbocycles. The Morgan fingerprint density at radius 3 is 2.28 bits per heavy atom. The van der Waals surface area contributed by atoms with Crippen LogP contribution in [0.4, 0.5) is 5.69 Å². The van der Waals surface area contributed by atoms with Crippen molar-refractivity contribution in [1.82, 2.24) is 0 Å². The maximum absolute atomic E-state index is 13.3. The first-order valence-corrected chi connectivity index (χ1v) is 20.4. The van der Waals surface area contributed by atoms with Crippen molar-refractivity contribution in [2.75, 3.05) is 17.3 Å². The Kier molecular flexibility index (Phi) is 16.7. The fraction of sp³-hybridized carbons (Fsp3) is 0.528. The van der Waals surface area contributed by atoms with Crippen LogP contribution in [0.1, 0.15) is 108 Å². The molecule has 3 rings (SSSR count). The minimum Gasteiger partial charge on any atom is -0.324 e. The van der Waals surface area contributed by atoms with Gasteiger partial charge in [-0.3, -0.25) is 18.9 Å². The summed E-state index contributed by atoms with van der Waals surface area (Å²) in [7, 11) is -0.0806. The molecule has 2 unspecified atom stereocenters. The van der Waals surface area contributed by atoms with Gasteiger partial charge in [0.2, 0.25) is 5.91 Å². The lowest BCUT2D eigenvalue weighted by atomic mass is 10.0. The second kappa shape index (κ2) is 20.1. The van der Waals surface area contributed by atoms with Crippen LogP contribution in [0.5, 0.6) is 0 Å². The molecule has 46 heavy (non-hydrogen) atoms. The van der Waals surface area contributed by atoms with Crippen molar-refractivity contribution in [3.63, 3.8) is 0 Å². The SMILES string of the molecule is CC(CC(=O)CCCCCCCOP(=O)(O)C(C)C)SSCCCC(=O)CCC(=O)N1Cc2ccccc2C#Cc2ccccc21. The Morgan fingerprint density at radius 1 is 0.848 bits per heavy atom. The van der Waals surface area contributed by atoms with Gasteiger partial charge in [0.1, 0.15) is 11.6 Å². The van der Waals surface area contributed by atoms with Gasteiger partial charge in [-0.2, -0.15) is 0 Å². The third kappa shape index (κ3) is 13.4. The fourth-order valence-electron chi connectivity index (χ4n) is 4.96. The van der Waals surface area contributed by atoms with E-state index in [9.17, 15) is 23.8 Å². The lowest BCUT2D eigenvalue weighted by Gasteiger charge is -2.26. The van der Waals surface area contributed by atoms with Gasteiger partial charge in [0.25, 0.3) is 0 Å². The topological polar surface area (TPSA) is 101 Å². The van der Waals surface area contributed by atoms with Gasteiger partial charge in [-0.15, -0.1) is 0 Å². The van der Waals surface area contributed by atoms with Gasteiger partial charge in [-0.05, 0) is 43.0 Å². The molecule has 0 bridgehead atoms. The molecular weight excluding hydrogens is 638 g/mol. The van der Waals surface area contributed by atoms with E-state index >= 15 is 0 Å². The lowest BCUT2D eigenvalue weighted by molar-refractivity contribution is -0.124. The molecule has 1 aliphatic heterocycles. The van der Waals surface area contributed by atoms with Crippen molar-refractivity contribution in [3.05, 3.63) is 65.2 Å². The molecule has 0 radical (unpaired) electrons. The van der Waals surface area contributed by atoms with E-state index in [1.54, 1.807) is 40.3 Å². The van der Waals surface area contributed by atoms with Crippen molar-refractivity contribution in [3.8, 4) is 11.8 Å². The number of anilines is 1. The third-order valence-electron chi connectivity index (χ3n) is 7.75. The van der Waals surface area contributed by atoms with Crippen molar-refractivity contribution in [2.24, 2.45) is 0 Å². The molecule has 250 valence electrons. The monoisotopic (exact) mass is 685 g/mol. The van der Waals surface area contributed by atoms with Gasteiger partial charge in [0, 0.05) is 54.2 Å². The number of hydrogen-bond acceptors (Lipinski definition) is 7. The van der Waals surface area contributed by atoms with Crippen LogP contribution in [0.15, 0.2) is 48.5 Å². The molecule has 0 fully saturated rings. The molecule has 0 aromatic heterocycles. The first kappa shape index (κ1) is 38.1. The molecule has 1 aliphatic rings. The minimum absolute atomic E-state index is 0.0745. The van der Waals surface area contributed by atoms with E-state index in [4.69, 9.17) is 4.52 Å². The zero-order chi connectivity index (χ0) is 33.4. The fourth-order valence-corrected chi connectivity index (χ4v) is 8.04. The second-order valence-electron chi connectivity index (χ2n) is 12.0. The molecule has 0 aliphatic carbocycles. The lowest BCUT2D eigenvalue weighted by Crippen LogP contribution is -2.32. The maximum Gasteiger partial charge on any atom is 0.330 e. The average molecular weight is 686 g/mol. The Balaban J connectivity index is 1.25. The summed E-state index contributed by atoms with van der Waals surface area (Å²) in [6, 6.07) is 15.5. The van der Waals surface area contributed by atoms with Gasteiger partial charge >= 0.3 is 7.60 Å². The number of para-hydroxylation sites is 1. The number of Topliss-reactive ketones (excluding diaryl/α,β-unsaturated/α-hetero) is 2. The zero-order valence-electron chi connectivity index (χ0n) is 27.4. The number of ketones is 2. The van der Waals surface area contributed by atoms with Crippen LogP contribution in [0.25, 0.3) is 0 Å². The highest BCUT2D eigenvalue weighted by atomic mass is 33.1. The first-order chi connectivity index (χ1) is 22.1. The Morgan fingerprint density at radius 2 is 1.50 bits per heavy atom. The van der Waals surface area contributed by atoms with E-state index < -0.39 is 7.60 Å². The van der Waals surface area contributed by atoms with E-state index in [1.807, 2.05) is 48.5 Å². The van der Waals surface area contributed by atoms with Gasteiger partial charge < -0.3 is 14.3 Å². The van der Waals surface area contributed by atoms with Gasteiger partial charge in [0.15, 0.2) is 0 Å².